The first-order valence-electron chi connectivity index (χ1n) is 8.43. The maximum atomic E-state index is 13.7. The molecule has 1 aromatic carbocycles. The molecule has 9 nitrogen and oxygen atoms in total. The zero-order valence-electron chi connectivity index (χ0n) is 14.8. The average Bonchev–Trinajstić information content (AvgIpc) is 3.20. The van der Waals surface area contributed by atoms with Gasteiger partial charge in [0.25, 0.3) is 0 Å². The minimum absolute atomic E-state index is 0.0255. The standard InChI is InChI=1S/C17H16FIN6O3/c1-8(26)21-2-3-25-13(22-14-15(20)23-17(18)24-16(14)25)5-9-4-11-12(6-10(9)19)28-7-27-11/h4,6H,2-3,5,7H2,1H3,(H,21,26)(H2,20,23,24). The lowest BCUT2D eigenvalue weighted by Gasteiger charge is -2.11. The van der Waals surface area contributed by atoms with Crippen LogP contribution in [0.4, 0.5) is 10.2 Å². The Kier molecular flexibility index (Phi) is 4.91. The van der Waals surface area contributed by atoms with E-state index in [0.717, 1.165) is 9.13 Å². The smallest absolute Gasteiger partial charge is 0.312 e. The maximum Gasteiger partial charge on any atom is 0.312 e. The molecule has 0 bridgehead atoms. The quantitative estimate of drug-likeness (QED) is 0.406. The number of nitrogen functional groups attached to an aromatic ring is 1. The van der Waals surface area contributed by atoms with Crippen molar-refractivity contribution in [3.05, 3.63) is 33.2 Å². The van der Waals surface area contributed by atoms with Crippen LogP contribution in [0.15, 0.2) is 12.1 Å². The molecule has 0 radical (unpaired) electrons. The molecule has 0 fully saturated rings. The molecule has 0 unspecified atom stereocenters. The highest BCUT2D eigenvalue weighted by atomic mass is 127. The van der Waals surface area contributed by atoms with E-state index in [2.05, 4.69) is 42.9 Å². The predicted molar refractivity (Wildman–Crippen MR) is 106 cm³/mol. The summed E-state index contributed by atoms with van der Waals surface area (Å²) in [7, 11) is 0. The maximum absolute atomic E-state index is 13.7. The zero-order chi connectivity index (χ0) is 19.8. The van der Waals surface area contributed by atoms with Crippen molar-refractivity contribution >= 4 is 45.5 Å². The van der Waals surface area contributed by atoms with Gasteiger partial charge >= 0.3 is 6.08 Å². The molecule has 4 rings (SSSR count). The zero-order valence-corrected chi connectivity index (χ0v) is 17.0. The number of anilines is 1. The summed E-state index contributed by atoms with van der Waals surface area (Å²) in [4.78, 5) is 23.2. The molecule has 0 aliphatic carbocycles. The van der Waals surface area contributed by atoms with Gasteiger partial charge in [-0.05, 0) is 40.3 Å². The fourth-order valence-corrected chi connectivity index (χ4v) is 3.65. The number of nitrogens with two attached hydrogens (primary N) is 1. The molecule has 0 saturated carbocycles. The SMILES string of the molecule is CC(=O)NCCn1c(Cc2cc3c(cc2I)OCO3)nc2c(N)nc(F)nc21. The minimum Gasteiger partial charge on any atom is -0.454 e. The summed E-state index contributed by atoms with van der Waals surface area (Å²) in [5.74, 6) is 1.81. The van der Waals surface area contributed by atoms with Gasteiger partial charge in [-0.1, -0.05) is 0 Å². The monoisotopic (exact) mass is 498 g/mol. The third-order valence-corrected chi connectivity index (χ3v) is 5.28. The number of nitrogens with zero attached hydrogens (tertiary/aromatic N) is 4. The minimum atomic E-state index is -0.921. The third-order valence-electron chi connectivity index (χ3n) is 4.27. The summed E-state index contributed by atoms with van der Waals surface area (Å²) in [6.07, 6.45) is -0.484. The van der Waals surface area contributed by atoms with Crippen LogP contribution in [0.25, 0.3) is 11.2 Å². The van der Waals surface area contributed by atoms with Crippen molar-refractivity contribution in [2.45, 2.75) is 19.9 Å². The normalized spacial score (nSPS) is 12.5. The predicted octanol–water partition coefficient (Wildman–Crippen LogP) is 1.61. The molecule has 3 N–H and O–H groups in total. The Balaban J connectivity index is 1.75. The number of amides is 1. The Hall–Kier alpha value is -2.70. The molecule has 1 amide bonds. The molecule has 0 atom stereocenters. The van der Waals surface area contributed by atoms with Crippen LogP contribution in [0.2, 0.25) is 0 Å². The molecule has 1 aliphatic rings. The van der Waals surface area contributed by atoms with Gasteiger partial charge in [-0.3, -0.25) is 4.79 Å². The topological polar surface area (TPSA) is 117 Å². The molecule has 11 heteroatoms. The van der Waals surface area contributed by atoms with Gasteiger partial charge < -0.3 is 25.1 Å². The van der Waals surface area contributed by atoms with Crippen molar-refractivity contribution < 1.29 is 18.7 Å². The number of rotatable bonds is 5. The number of nitrogens with one attached hydrogen (secondary N) is 1. The van der Waals surface area contributed by atoms with E-state index in [4.69, 9.17) is 15.2 Å². The molecule has 0 saturated heterocycles. The lowest BCUT2D eigenvalue weighted by Crippen LogP contribution is -2.25. The average molecular weight is 498 g/mol. The highest BCUT2D eigenvalue weighted by molar-refractivity contribution is 14.1. The summed E-state index contributed by atoms with van der Waals surface area (Å²) in [6, 6.07) is 3.80. The number of imidazole rings is 1. The lowest BCUT2D eigenvalue weighted by molar-refractivity contribution is -0.118. The molecule has 0 spiro atoms. The molecule has 146 valence electrons. The van der Waals surface area contributed by atoms with Crippen molar-refractivity contribution in [3.8, 4) is 11.5 Å². The highest BCUT2D eigenvalue weighted by Crippen LogP contribution is 2.36. The molecular weight excluding hydrogens is 482 g/mol. The third kappa shape index (κ3) is 3.53. The largest absolute Gasteiger partial charge is 0.454 e. The first kappa shape index (κ1) is 18.7. The fraction of sp³-hybridized carbons (Fsp3) is 0.294. The van der Waals surface area contributed by atoms with Crippen molar-refractivity contribution in [2.75, 3.05) is 19.1 Å². The van der Waals surface area contributed by atoms with Crippen LogP contribution in [0.5, 0.6) is 11.5 Å². The fourth-order valence-electron chi connectivity index (χ4n) is 3.02. The number of carbonyl (C=O) groups excluding carboxylic acids is 1. The van der Waals surface area contributed by atoms with E-state index >= 15 is 0 Å². The van der Waals surface area contributed by atoms with Gasteiger partial charge in [-0.25, -0.2) is 4.98 Å². The highest BCUT2D eigenvalue weighted by Gasteiger charge is 2.20. The second-order valence-corrected chi connectivity index (χ2v) is 7.35. The summed E-state index contributed by atoms with van der Waals surface area (Å²) >= 11 is 2.22. The van der Waals surface area contributed by atoms with Gasteiger partial charge in [0.15, 0.2) is 28.5 Å². The van der Waals surface area contributed by atoms with Crippen LogP contribution in [0, 0.1) is 9.65 Å². The number of hydrogen-bond acceptors (Lipinski definition) is 7. The van der Waals surface area contributed by atoms with Crippen LogP contribution in [0.1, 0.15) is 18.3 Å². The number of halogens is 2. The van der Waals surface area contributed by atoms with Gasteiger partial charge in [-0.15, -0.1) is 0 Å². The number of ether oxygens (including phenoxy) is 2. The first-order valence-corrected chi connectivity index (χ1v) is 9.51. The van der Waals surface area contributed by atoms with Gasteiger partial charge in [0.05, 0.1) is 0 Å². The van der Waals surface area contributed by atoms with Crippen LogP contribution >= 0.6 is 22.6 Å². The number of aromatic nitrogens is 4. The Labute approximate surface area is 172 Å². The van der Waals surface area contributed by atoms with Crippen molar-refractivity contribution in [1.29, 1.82) is 0 Å². The Morgan fingerprint density at radius 1 is 1.32 bits per heavy atom. The van der Waals surface area contributed by atoms with Crippen molar-refractivity contribution in [2.24, 2.45) is 0 Å². The van der Waals surface area contributed by atoms with Crippen LogP contribution in [0.3, 0.4) is 0 Å². The van der Waals surface area contributed by atoms with Crippen LogP contribution in [-0.2, 0) is 17.8 Å². The summed E-state index contributed by atoms with van der Waals surface area (Å²) < 4.78 is 27.3. The number of carbonyl (C=O) groups is 1. The number of fused-ring (bicyclic) bond motifs is 2. The Morgan fingerprint density at radius 3 is 2.82 bits per heavy atom. The van der Waals surface area contributed by atoms with E-state index in [1.54, 1.807) is 4.57 Å². The lowest BCUT2D eigenvalue weighted by atomic mass is 10.1. The molecular formula is C17H16FIN6O3. The van der Waals surface area contributed by atoms with E-state index < -0.39 is 6.08 Å². The van der Waals surface area contributed by atoms with Crippen molar-refractivity contribution in [3.63, 3.8) is 0 Å². The van der Waals surface area contributed by atoms with Crippen LogP contribution in [-0.4, -0.2) is 38.8 Å². The molecule has 1 aliphatic heterocycles. The van der Waals surface area contributed by atoms with E-state index in [1.807, 2.05) is 12.1 Å². The molecule has 2 aromatic heterocycles. The summed E-state index contributed by atoms with van der Waals surface area (Å²) in [5.41, 5.74) is 7.43. The van der Waals surface area contributed by atoms with E-state index in [0.29, 0.717) is 48.0 Å². The van der Waals surface area contributed by atoms with E-state index in [1.165, 1.54) is 6.92 Å². The van der Waals surface area contributed by atoms with Crippen molar-refractivity contribution in [1.82, 2.24) is 24.8 Å². The van der Waals surface area contributed by atoms with Gasteiger partial charge in [0, 0.05) is 30.0 Å². The second-order valence-electron chi connectivity index (χ2n) is 6.19. The summed E-state index contributed by atoms with van der Waals surface area (Å²) in [5, 5.41) is 2.72. The molecule has 28 heavy (non-hydrogen) atoms. The van der Waals surface area contributed by atoms with Gasteiger partial charge in [0.1, 0.15) is 5.82 Å². The Bertz CT molecular complexity index is 1090. The number of hydrogen-bond donors (Lipinski definition) is 2. The van der Waals surface area contributed by atoms with Gasteiger partial charge in [-0.2, -0.15) is 14.4 Å². The van der Waals surface area contributed by atoms with E-state index in [9.17, 15) is 9.18 Å². The molecule has 3 aromatic rings. The van der Waals surface area contributed by atoms with Gasteiger partial charge in [0.2, 0.25) is 12.7 Å². The van der Waals surface area contributed by atoms with E-state index in [-0.39, 0.29) is 18.5 Å². The number of benzene rings is 1. The second kappa shape index (κ2) is 7.37. The first-order chi connectivity index (χ1) is 13.4. The summed E-state index contributed by atoms with van der Waals surface area (Å²) in [6.45, 7) is 2.33. The molecule has 3 heterocycles. The van der Waals surface area contributed by atoms with Crippen LogP contribution < -0.4 is 20.5 Å². The Morgan fingerprint density at radius 2 is 2.07 bits per heavy atom.